The van der Waals surface area contributed by atoms with Crippen LogP contribution in [0.3, 0.4) is 0 Å². The topological polar surface area (TPSA) is 59.8 Å². The van der Waals surface area contributed by atoms with E-state index in [-0.39, 0.29) is 5.56 Å². The van der Waals surface area contributed by atoms with Gasteiger partial charge in [0, 0.05) is 28.7 Å². The zero-order chi connectivity index (χ0) is 17.2. The fourth-order valence-electron chi connectivity index (χ4n) is 2.77. The van der Waals surface area contributed by atoms with Gasteiger partial charge in [-0.3, -0.25) is 9.36 Å². The molecule has 0 saturated carbocycles. The summed E-state index contributed by atoms with van der Waals surface area (Å²) in [5.41, 5.74) is 2.21. The van der Waals surface area contributed by atoms with Gasteiger partial charge in [-0.05, 0) is 36.6 Å². The molecule has 4 rings (SSSR count). The molecule has 0 unspecified atom stereocenters. The molecule has 0 fully saturated rings. The van der Waals surface area contributed by atoms with E-state index in [2.05, 4.69) is 15.3 Å². The smallest absolute Gasteiger partial charge is 0.260 e. The van der Waals surface area contributed by atoms with Crippen molar-refractivity contribution in [2.45, 2.75) is 13.5 Å². The van der Waals surface area contributed by atoms with E-state index in [1.807, 2.05) is 60.8 Å². The van der Waals surface area contributed by atoms with Crippen LogP contribution < -0.4 is 10.9 Å². The first-order valence-electron chi connectivity index (χ1n) is 8.03. The van der Waals surface area contributed by atoms with Crippen LogP contribution in [-0.2, 0) is 6.54 Å². The lowest BCUT2D eigenvalue weighted by atomic mass is 10.2. The summed E-state index contributed by atoms with van der Waals surface area (Å²) in [6, 6.07) is 15.5. The van der Waals surface area contributed by atoms with Gasteiger partial charge in [-0.2, -0.15) is 4.98 Å². The van der Waals surface area contributed by atoms with Gasteiger partial charge in [0.25, 0.3) is 5.56 Å². The van der Waals surface area contributed by atoms with Crippen LogP contribution in [0.1, 0.15) is 6.92 Å². The number of aryl methyl sites for hydroxylation is 1. The third-order valence-corrected chi connectivity index (χ3v) is 4.86. The molecule has 0 amide bonds. The number of para-hydroxylation sites is 1. The van der Waals surface area contributed by atoms with Gasteiger partial charge < -0.3 is 5.32 Å². The van der Waals surface area contributed by atoms with Crippen molar-refractivity contribution >= 4 is 34.0 Å². The molecule has 3 heterocycles. The Morgan fingerprint density at radius 3 is 2.72 bits per heavy atom. The number of nitrogens with zero attached hydrogens (tertiary/aromatic N) is 3. The summed E-state index contributed by atoms with van der Waals surface area (Å²) >= 11 is 1.56. The molecule has 3 aromatic heterocycles. The number of thiophene rings is 1. The zero-order valence-electron chi connectivity index (χ0n) is 13.6. The molecular weight excluding hydrogens is 332 g/mol. The molecule has 0 aliphatic rings. The first kappa shape index (κ1) is 15.5. The molecule has 0 aliphatic heterocycles. The Balaban J connectivity index is 1.85. The number of nitrogens with one attached hydrogen (secondary N) is 1. The standard InChI is InChI=1S/C19H16N4OS/c1-2-23-17-13(11-15(18(23)24)16-9-6-10-25-16)12-20-19(22-17)21-14-7-4-3-5-8-14/h3-12H,2H2,1H3,(H,20,21,22). The second-order valence-corrected chi connectivity index (χ2v) is 6.50. The van der Waals surface area contributed by atoms with Gasteiger partial charge in [-0.1, -0.05) is 24.3 Å². The second-order valence-electron chi connectivity index (χ2n) is 5.55. The SMILES string of the molecule is CCn1c(=O)c(-c2cccs2)cc2cnc(Nc3ccccc3)nc21. The van der Waals surface area contributed by atoms with Crippen LogP contribution >= 0.6 is 11.3 Å². The lowest BCUT2D eigenvalue weighted by molar-refractivity contribution is 0.751. The molecule has 0 bridgehead atoms. The molecule has 124 valence electrons. The van der Waals surface area contributed by atoms with E-state index in [0.717, 1.165) is 16.0 Å². The minimum Gasteiger partial charge on any atom is -0.324 e. The highest BCUT2D eigenvalue weighted by atomic mass is 32.1. The second kappa shape index (κ2) is 6.49. The Hall–Kier alpha value is -2.99. The summed E-state index contributed by atoms with van der Waals surface area (Å²) in [7, 11) is 0. The van der Waals surface area contributed by atoms with Crippen LogP contribution in [0.2, 0.25) is 0 Å². The van der Waals surface area contributed by atoms with E-state index in [9.17, 15) is 4.79 Å². The molecule has 0 aliphatic carbocycles. The molecule has 1 N–H and O–H groups in total. The Morgan fingerprint density at radius 1 is 1.16 bits per heavy atom. The van der Waals surface area contributed by atoms with Crippen molar-refractivity contribution in [1.82, 2.24) is 14.5 Å². The summed E-state index contributed by atoms with van der Waals surface area (Å²) in [6.07, 6.45) is 1.76. The summed E-state index contributed by atoms with van der Waals surface area (Å²) in [5.74, 6) is 0.476. The fraction of sp³-hybridized carbons (Fsp3) is 0.105. The number of rotatable bonds is 4. The Kier molecular flexibility index (Phi) is 4.03. The highest BCUT2D eigenvalue weighted by Crippen LogP contribution is 2.25. The summed E-state index contributed by atoms with van der Waals surface area (Å²) in [4.78, 5) is 22.8. The fourth-order valence-corrected chi connectivity index (χ4v) is 3.51. The van der Waals surface area contributed by atoms with E-state index < -0.39 is 0 Å². The normalized spacial score (nSPS) is 10.9. The highest BCUT2D eigenvalue weighted by Gasteiger charge is 2.13. The summed E-state index contributed by atoms with van der Waals surface area (Å²) in [6.45, 7) is 2.50. The molecular formula is C19H16N4OS. The Labute approximate surface area is 148 Å². The largest absolute Gasteiger partial charge is 0.324 e. The molecule has 6 heteroatoms. The Bertz CT molecular complexity index is 1070. The van der Waals surface area contributed by atoms with E-state index in [1.54, 1.807) is 22.1 Å². The van der Waals surface area contributed by atoms with Gasteiger partial charge in [0.1, 0.15) is 5.65 Å². The van der Waals surface area contributed by atoms with Crippen molar-refractivity contribution in [2.75, 3.05) is 5.32 Å². The number of pyridine rings is 1. The first-order valence-corrected chi connectivity index (χ1v) is 8.91. The molecule has 0 atom stereocenters. The molecule has 1 aromatic carbocycles. The third kappa shape index (κ3) is 2.92. The predicted octanol–water partition coefficient (Wildman–Crippen LogP) is 4.28. The highest BCUT2D eigenvalue weighted by molar-refractivity contribution is 7.13. The predicted molar refractivity (Wildman–Crippen MR) is 103 cm³/mol. The van der Waals surface area contributed by atoms with Gasteiger partial charge >= 0.3 is 0 Å². The maximum Gasteiger partial charge on any atom is 0.260 e. The van der Waals surface area contributed by atoms with Gasteiger partial charge in [-0.15, -0.1) is 11.3 Å². The van der Waals surface area contributed by atoms with E-state index in [1.165, 1.54) is 0 Å². The van der Waals surface area contributed by atoms with Crippen LogP contribution in [0.4, 0.5) is 11.6 Å². The Morgan fingerprint density at radius 2 is 2.00 bits per heavy atom. The number of hydrogen-bond acceptors (Lipinski definition) is 5. The lowest BCUT2D eigenvalue weighted by Gasteiger charge is -2.11. The van der Waals surface area contributed by atoms with Crippen molar-refractivity contribution in [3.63, 3.8) is 0 Å². The van der Waals surface area contributed by atoms with Crippen molar-refractivity contribution in [1.29, 1.82) is 0 Å². The number of benzene rings is 1. The number of fused-ring (bicyclic) bond motifs is 1. The third-order valence-electron chi connectivity index (χ3n) is 3.96. The molecule has 0 spiro atoms. The number of aromatic nitrogens is 3. The first-order chi connectivity index (χ1) is 12.3. The number of hydrogen-bond donors (Lipinski definition) is 1. The monoisotopic (exact) mass is 348 g/mol. The zero-order valence-corrected chi connectivity index (χ0v) is 14.5. The average Bonchev–Trinajstić information content (AvgIpc) is 3.17. The van der Waals surface area contributed by atoms with Gasteiger partial charge in [0.15, 0.2) is 0 Å². The van der Waals surface area contributed by atoms with E-state index in [0.29, 0.717) is 23.7 Å². The minimum absolute atomic E-state index is 0.0261. The van der Waals surface area contributed by atoms with Crippen LogP contribution in [0.15, 0.2) is 64.9 Å². The molecule has 5 nitrogen and oxygen atoms in total. The summed E-state index contributed by atoms with van der Waals surface area (Å²) < 4.78 is 1.70. The van der Waals surface area contributed by atoms with Crippen LogP contribution in [0, 0.1) is 0 Å². The van der Waals surface area contributed by atoms with Crippen LogP contribution in [0.25, 0.3) is 21.5 Å². The van der Waals surface area contributed by atoms with Crippen LogP contribution in [0.5, 0.6) is 0 Å². The number of anilines is 2. The van der Waals surface area contributed by atoms with Crippen molar-refractivity contribution in [3.05, 3.63) is 70.5 Å². The van der Waals surface area contributed by atoms with Crippen LogP contribution in [-0.4, -0.2) is 14.5 Å². The average molecular weight is 348 g/mol. The molecule has 25 heavy (non-hydrogen) atoms. The van der Waals surface area contributed by atoms with Crippen molar-refractivity contribution in [2.24, 2.45) is 0 Å². The minimum atomic E-state index is -0.0261. The lowest BCUT2D eigenvalue weighted by Crippen LogP contribution is -2.22. The molecule has 0 radical (unpaired) electrons. The van der Waals surface area contributed by atoms with Crippen molar-refractivity contribution in [3.8, 4) is 10.4 Å². The quantitative estimate of drug-likeness (QED) is 0.598. The van der Waals surface area contributed by atoms with E-state index in [4.69, 9.17) is 0 Å². The maximum atomic E-state index is 12.9. The maximum absolute atomic E-state index is 12.9. The molecule has 0 saturated heterocycles. The van der Waals surface area contributed by atoms with E-state index >= 15 is 0 Å². The van der Waals surface area contributed by atoms with Gasteiger partial charge in [0.2, 0.25) is 5.95 Å². The van der Waals surface area contributed by atoms with Gasteiger partial charge in [0.05, 0.1) is 5.56 Å². The van der Waals surface area contributed by atoms with Gasteiger partial charge in [-0.25, -0.2) is 4.98 Å². The summed E-state index contributed by atoms with van der Waals surface area (Å²) in [5, 5.41) is 5.99. The van der Waals surface area contributed by atoms with Crippen molar-refractivity contribution < 1.29 is 0 Å². The molecule has 4 aromatic rings.